The number of benzene rings is 1. The molecule has 0 radical (unpaired) electrons. The highest BCUT2D eigenvalue weighted by Gasteiger charge is 2.49. The Kier molecular flexibility index (Phi) is 3.75. The van der Waals surface area contributed by atoms with Gasteiger partial charge in [-0.2, -0.15) is 0 Å². The molecule has 128 valence electrons. The lowest BCUT2D eigenvalue weighted by molar-refractivity contribution is -0.117. The molecule has 1 atom stereocenters. The quantitative estimate of drug-likeness (QED) is 0.845. The van der Waals surface area contributed by atoms with E-state index in [0.717, 1.165) is 6.42 Å². The summed E-state index contributed by atoms with van der Waals surface area (Å²) in [7, 11) is 0. The van der Waals surface area contributed by atoms with Gasteiger partial charge in [0.25, 0.3) is 5.91 Å². The van der Waals surface area contributed by atoms with Crippen LogP contribution in [-0.2, 0) is 4.79 Å². The molecule has 1 aromatic heterocycles. The highest BCUT2D eigenvalue weighted by Crippen LogP contribution is 2.42. The summed E-state index contributed by atoms with van der Waals surface area (Å²) >= 11 is 0. The lowest BCUT2D eigenvalue weighted by Crippen LogP contribution is -2.34. The number of amides is 2. The van der Waals surface area contributed by atoms with E-state index in [2.05, 4.69) is 4.98 Å². The lowest BCUT2D eigenvalue weighted by Gasteiger charge is -2.24. The third kappa shape index (κ3) is 2.88. The molecule has 0 bridgehead atoms. The van der Waals surface area contributed by atoms with Crippen molar-refractivity contribution in [2.75, 3.05) is 24.5 Å². The Labute approximate surface area is 145 Å². The molecule has 2 saturated heterocycles. The average molecular weight is 339 g/mol. The topological polar surface area (TPSA) is 53.5 Å². The van der Waals surface area contributed by atoms with Crippen LogP contribution in [0.5, 0.6) is 0 Å². The van der Waals surface area contributed by atoms with Crippen molar-refractivity contribution in [1.29, 1.82) is 0 Å². The van der Waals surface area contributed by atoms with Crippen LogP contribution in [0.25, 0.3) is 0 Å². The number of carbonyl (C=O) groups excluding carboxylic acids is 2. The van der Waals surface area contributed by atoms with Crippen molar-refractivity contribution in [2.45, 2.75) is 12.8 Å². The van der Waals surface area contributed by atoms with Crippen molar-refractivity contribution in [3.05, 3.63) is 60.2 Å². The molecule has 25 heavy (non-hydrogen) atoms. The van der Waals surface area contributed by atoms with Crippen molar-refractivity contribution in [3.63, 3.8) is 0 Å². The van der Waals surface area contributed by atoms with E-state index >= 15 is 0 Å². The van der Waals surface area contributed by atoms with Crippen molar-refractivity contribution in [3.8, 4) is 0 Å². The SMILES string of the molecule is O=C(c1ccccn1)N1CC[C@]2(CC(=O)N(c3cccc(F)c3)C2)C1. The van der Waals surface area contributed by atoms with Crippen molar-refractivity contribution >= 4 is 17.5 Å². The molecule has 0 N–H and O–H groups in total. The van der Waals surface area contributed by atoms with E-state index in [-0.39, 0.29) is 23.0 Å². The largest absolute Gasteiger partial charge is 0.337 e. The first-order valence-corrected chi connectivity index (χ1v) is 8.33. The minimum absolute atomic E-state index is 0.0160. The van der Waals surface area contributed by atoms with Crippen LogP contribution < -0.4 is 4.90 Å². The molecule has 1 spiro atoms. The third-order valence-corrected chi connectivity index (χ3v) is 5.05. The minimum atomic E-state index is -0.357. The van der Waals surface area contributed by atoms with Gasteiger partial charge in [0.05, 0.1) is 0 Å². The number of hydrogen-bond donors (Lipinski definition) is 0. The van der Waals surface area contributed by atoms with Gasteiger partial charge in [-0.05, 0) is 36.8 Å². The van der Waals surface area contributed by atoms with Crippen LogP contribution in [0.2, 0.25) is 0 Å². The molecule has 2 aliphatic rings. The van der Waals surface area contributed by atoms with E-state index in [1.165, 1.54) is 12.1 Å². The van der Waals surface area contributed by atoms with Crippen LogP contribution in [0.4, 0.5) is 10.1 Å². The molecule has 2 fully saturated rings. The predicted molar refractivity (Wildman–Crippen MR) is 90.6 cm³/mol. The summed E-state index contributed by atoms with van der Waals surface area (Å²) < 4.78 is 13.5. The zero-order chi connectivity index (χ0) is 17.4. The Morgan fingerprint density at radius 2 is 2.04 bits per heavy atom. The zero-order valence-corrected chi connectivity index (χ0v) is 13.7. The number of pyridine rings is 1. The molecule has 2 amide bonds. The van der Waals surface area contributed by atoms with Gasteiger partial charge < -0.3 is 9.80 Å². The van der Waals surface area contributed by atoms with E-state index in [1.54, 1.807) is 46.3 Å². The molecule has 0 unspecified atom stereocenters. The van der Waals surface area contributed by atoms with E-state index < -0.39 is 0 Å². The van der Waals surface area contributed by atoms with Crippen LogP contribution in [0.15, 0.2) is 48.7 Å². The maximum atomic E-state index is 13.5. The Morgan fingerprint density at radius 3 is 2.80 bits per heavy atom. The van der Waals surface area contributed by atoms with Gasteiger partial charge in [0.1, 0.15) is 11.5 Å². The molecular formula is C19H18FN3O2. The number of anilines is 1. The smallest absolute Gasteiger partial charge is 0.272 e. The highest BCUT2D eigenvalue weighted by atomic mass is 19.1. The molecule has 4 rings (SSSR count). The molecule has 0 saturated carbocycles. The summed E-state index contributed by atoms with van der Waals surface area (Å²) in [6.45, 7) is 1.65. The summed E-state index contributed by atoms with van der Waals surface area (Å²) in [6.07, 6.45) is 2.75. The highest BCUT2D eigenvalue weighted by molar-refractivity contribution is 5.97. The molecule has 3 heterocycles. The summed E-state index contributed by atoms with van der Waals surface area (Å²) in [5, 5.41) is 0. The van der Waals surface area contributed by atoms with E-state index in [0.29, 0.717) is 37.4 Å². The first kappa shape index (κ1) is 15.7. The van der Waals surface area contributed by atoms with Gasteiger partial charge >= 0.3 is 0 Å². The fourth-order valence-corrected chi connectivity index (χ4v) is 3.81. The van der Waals surface area contributed by atoms with E-state index in [1.807, 2.05) is 0 Å². The van der Waals surface area contributed by atoms with Crippen molar-refractivity contribution in [2.24, 2.45) is 5.41 Å². The van der Waals surface area contributed by atoms with Gasteiger partial charge in [0.2, 0.25) is 5.91 Å². The van der Waals surface area contributed by atoms with Gasteiger partial charge in [-0.3, -0.25) is 14.6 Å². The zero-order valence-electron chi connectivity index (χ0n) is 13.7. The number of hydrogen-bond acceptors (Lipinski definition) is 3. The molecular weight excluding hydrogens is 321 g/mol. The number of rotatable bonds is 2. The second-order valence-electron chi connectivity index (χ2n) is 6.83. The fraction of sp³-hybridized carbons (Fsp3) is 0.316. The number of halogens is 1. The molecule has 6 heteroatoms. The van der Waals surface area contributed by atoms with Crippen molar-refractivity contribution in [1.82, 2.24) is 9.88 Å². The monoisotopic (exact) mass is 339 g/mol. The summed E-state index contributed by atoms with van der Waals surface area (Å²) in [4.78, 5) is 32.6. The normalized spacial score (nSPS) is 22.8. The first-order valence-electron chi connectivity index (χ1n) is 8.33. The summed E-state index contributed by atoms with van der Waals surface area (Å²) in [6, 6.07) is 11.4. The second kappa shape index (κ2) is 5.95. The van der Waals surface area contributed by atoms with Crippen LogP contribution in [0, 0.1) is 11.2 Å². The maximum absolute atomic E-state index is 13.5. The Morgan fingerprint density at radius 1 is 1.16 bits per heavy atom. The number of nitrogens with zero attached hydrogens (tertiary/aromatic N) is 3. The molecule has 5 nitrogen and oxygen atoms in total. The summed E-state index contributed by atoms with van der Waals surface area (Å²) in [5.74, 6) is -0.475. The summed E-state index contributed by atoms with van der Waals surface area (Å²) in [5.41, 5.74) is 0.746. The van der Waals surface area contributed by atoms with Crippen LogP contribution >= 0.6 is 0 Å². The third-order valence-electron chi connectivity index (χ3n) is 5.05. The van der Waals surface area contributed by atoms with Gasteiger partial charge in [-0.25, -0.2) is 4.39 Å². The first-order chi connectivity index (χ1) is 12.1. The van der Waals surface area contributed by atoms with Gasteiger partial charge in [0, 0.05) is 43.4 Å². The van der Waals surface area contributed by atoms with Crippen LogP contribution in [0.1, 0.15) is 23.3 Å². The molecule has 2 aliphatic heterocycles. The number of carbonyl (C=O) groups is 2. The van der Waals surface area contributed by atoms with Gasteiger partial charge in [-0.1, -0.05) is 12.1 Å². The Bertz CT molecular complexity index is 826. The molecule has 0 aliphatic carbocycles. The van der Waals surface area contributed by atoms with Crippen LogP contribution in [-0.4, -0.2) is 41.3 Å². The lowest BCUT2D eigenvalue weighted by atomic mass is 9.86. The predicted octanol–water partition coefficient (Wildman–Crippen LogP) is 2.49. The Hall–Kier alpha value is -2.76. The minimum Gasteiger partial charge on any atom is -0.337 e. The van der Waals surface area contributed by atoms with Crippen LogP contribution in [0.3, 0.4) is 0 Å². The average Bonchev–Trinajstić information content (AvgIpc) is 3.18. The standard InChI is InChI=1S/C19H18FN3O2/c20-14-4-3-5-15(10-14)23-13-19(11-17(23)24)7-9-22(12-19)18(25)16-6-1-2-8-21-16/h1-6,8,10H,7,9,11-13H2/t19-/m0/s1. The fourth-order valence-electron chi connectivity index (χ4n) is 3.81. The number of likely N-dealkylation sites (tertiary alicyclic amines) is 1. The molecule has 2 aromatic rings. The van der Waals surface area contributed by atoms with E-state index in [4.69, 9.17) is 0 Å². The Balaban J connectivity index is 1.51. The van der Waals surface area contributed by atoms with Crippen molar-refractivity contribution < 1.29 is 14.0 Å². The number of aromatic nitrogens is 1. The van der Waals surface area contributed by atoms with E-state index in [9.17, 15) is 14.0 Å². The second-order valence-corrected chi connectivity index (χ2v) is 6.83. The molecule has 1 aromatic carbocycles. The maximum Gasteiger partial charge on any atom is 0.272 e. The van der Waals surface area contributed by atoms with Gasteiger partial charge in [-0.15, -0.1) is 0 Å². The van der Waals surface area contributed by atoms with Gasteiger partial charge in [0.15, 0.2) is 0 Å².